The molecule has 19 heavy (non-hydrogen) atoms. The molecule has 2 atom stereocenters. The summed E-state index contributed by atoms with van der Waals surface area (Å²) in [5.41, 5.74) is 1.02. The molecule has 3 rings (SSSR count). The van der Waals surface area contributed by atoms with Crippen molar-refractivity contribution in [2.24, 2.45) is 0 Å². The molecular formula is C14H19N3OS. The van der Waals surface area contributed by atoms with Crippen LogP contribution < -0.4 is 5.32 Å². The molecule has 0 aliphatic carbocycles. The van der Waals surface area contributed by atoms with Crippen LogP contribution in [-0.4, -0.2) is 35.1 Å². The number of hydrogen-bond acceptors (Lipinski definition) is 5. The molecule has 2 aromatic heterocycles. The highest BCUT2D eigenvalue weighted by Crippen LogP contribution is 2.24. The van der Waals surface area contributed by atoms with Crippen molar-refractivity contribution in [2.45, 2.75) is 32.5 Å². The zero-order valence-electron chi connectivity index (χ0n) is 11.3. The van der Waals surface area contributed by atoms with Crippen molar-refractivity contribution in [3.63, 3.8) is 0 Å². The number of nitrogens with zero attached hydrogens (tertiary/aromatic N) is 2. The topological polar surface area (TPSA) is 41.3 Å². The normalized spacial score (nSPS) is 24.7. The van der Waals surface area contributed by atoms with Crippen molar-refractivity contribution in [3.05, 3.63) is 29.5 Å². The van der Waals surface area contributed by atoms with Gasteiger partial charge in [0.2, 0.25) is 5.89 Å². The zero-order valence-corrected chi connectivity index (χ0v) is 12.1. The van der Waals surface area contributed by atoms with Gasteiger partial charge >= 0.3 is 0 Å². The Hall–Kier alpha value is -1.17. The molecule has 5 heteroatoms. The van der Waals surface area contributed by atoms with Crippen molar-refractivity contribution >= 4 is 11.3 Å². The highest BCUT2D eigenvalue weighted by Gasteiger charge is 2.21. The summed E-state index contributed by atoms with van der Waals surface area (Å²) in [7, 11) is 0. The van der Waals surface area contributed by atoms with Crippen molar-refractivity contribution in [1.29, 1.82) is 0 Å². The van der Waals surface area contributed by atoms with E-state index in [9.17, 15) is 0 Å². The quantitative estimate of drug-likeness (QED) is 0.936. The minimum absolute atomic E-state index is 0.535. The summed E-state index contributed by atoms with van der Waals surface area (Å²) in [6.45, 7) is 7.44. The minimum Gasteiger partial charge on any atom is -0.444 e. The molecule has 1 N–H and O–H groups in total. The lowest BCUT2D eigenvalue weighted by Gasteiger charge is -2.35. The van der Waals surface area contributed by atoms with Crippen LogP contribution in [0.4, 0.5) is 0 Å². The van der Waals surface area contributed by atoms with Gasteiger partial charge in [0.1, 0.15) is 6.26 Å². The van der Waals surface area contributed by atoms with Gasteiger partial charge in [-0.1, -0.05) is 6.07 Å². The number of hydrogen-bond donors (Lipinski definition) is 1. The maximum absolute atomic E-state index is 5.56. The molecule has 0 bridgehead atoms. The van der Waals surface area contributed by atoms with Crippen molar-refractivity contribution in [2.75, 3.05) is 13.1 Å². The van der Waals surface area contributed by atoms with Crippen LogP contribution in [0.2, 0.25) is 0 Å². The average Bonchev–Trinajstić information content (AvgIpc) is 2.96. The molecule has 0 saturated carbocycles. The highest BCUT2D eigenvalue weighted by molar-refractivity contribution is 7.13. The maximum atomic E-state index is 5.56. The Morgan fingerprint density at radius 1 is 1.42 bits per heavy atom. The molecule has 0 radical (unpaired) electrons. The van der Waals surface area contributed by atoms with Crippen molar-refractivity contribution in [1.82, 2.24) is 15.2 Å². The first-order chi connectivity index (χ1) is 9.20. The van der Waals surface area contributed by atoms with E-state index in [4.69, 9.17) is 4.42 Å². The highest BCUT2D eigenvalue weighted by atomic mass is 32.1. The predicted octanol–water partition coefficient (Wildman–Crippen LogP) is 2.59. The minimum atomic E-state index is 0.535. The third kappa shape index (κ3) is 3.05. The summed E-state index contributed by atoms with van der Waals surface area (Å²) >= 11 is 1.66. The summed E-state index contributed by atoms with van der Waals surface area (Å²) in [6, 6.07) is 5.12. The second-order valence-corrected chi connectivity index (χ2v) is 6.23. The van der Waals surface area contributed by atoms with Gasteiger partial charge in [-0.3, -0.25) is 4.90 Å². The van der Waals surface area contributed by atoms with E-state index in [0.29, 0.717) is 12.1 Å². The number of oxazole rings is 1. The fourth-order valence-corrected chi connectivity index (χ4v) is 3.35. The lowest BCUT2D eigenvalue weighted by atomic mass is 10.1. The van der Waals surface area contributed by atoms with Gasteiger partial charge in [-0.05, 0) is 25.3 Å². The monoisotopic (exact) mass is 277 g/mol. The fourth-order valence-electron chi connectivity index (χ4n) is 2.69. The van der Waals surface area contributed by atoms with E-state index in [1.807, 2.05) is 17.5 Å². The van der Waals surface area contributed by atoms with E-state index in [-0.39, 0.29) is 0 Å². The molecule has 4 nitrogen and oxygen atoms in total. The van der Waals surface area contributed by atoms with Crippen LogP contribution in [0.5, 0.6) is 0 Å². The lowest BCUT2D eigenvalue weighted by Crippen LogP contribution is -2.53. The van der Waals surface area contributed by atoms with Gasteiger partial charge in [0.15, 0.2) is 0 Å². The summed E-state index contributed by atoms with van der Waals surface area (Å²) in [4.78, 5) is 8.10. The first kappa shape index (κ1) is 12.8. The first-order valence-electron chi connectivity index (χ1n) is 6.67. The Balaban J connectivity index is 1.67. The lowest BCUT2D eigenvalue weighted by molar-refractivity contribution is 0.165. The predicted molar refractivity (Wildman–Crippen MR) is 77.2 cm³/mol. The fraction of sp³-hybridized carbons (Fsp3) is 0.500. The third-order valence-electron chi connectivity index (χ3n) is 3.30. The molecule has 1 aliphatic rings. The molecule has 1 aliphatic heterocycles. The van der Waals surface area contributed by atoms with Crippen molar-refractivity contribution in [3.8, 4) is 10.8 Å². The second kappa shape index (κ2) is 5.45. The van der Waals surface area contributed by atoms with E-state index in [1.165, 1.54) is 0 Å². The smallest absolute Gasteiger partial charge is 0.236 e. The van der Waals surface area contributed by atoms with Crippen LogP contribution in [0, 0.1) is 0 Å². The van der Waals surface area contributed by atoms with E-state index >= 15 is 0 Å². The van der Waals surface area contributed by atoms with Gasteiger partial charge in [0.05, 0.1) is 10.6 Å². The third-order valence-corrected chi connectivity index (χ3v) is 4.16. The Bertz CT molecular complexity index is 513. The van der Waals surface area contributed by atoms with Crippen LogP contribution in [0.15, 0.2) is 28.2 Å². The van der Waals surface area contributed by atoms with Gasteiger partial charge in [0, 0.05) is 31.7 Å². The number of nitrogens with one attached hydrogen (secondary N) is 1. The van der Waals surface area contributed by atoms with Gasteiger partial charge in [-0.2, -0.15) is 0 Å². The van der Waals surface area contributed by atoms with E-state index in [1.54, 1.807) is 17.6 Å². The number of rotatable bonds is 3. The molecule has 102 valence electrons. The molecule has 1 fully saturated rings. The van der Waals surface area contributed by atoms with Crippen LogP contribution in [-0.2, 0) is 6.54 Å². The zero-order chi connectivity index (χ0) is 13.2. The molecular weight excluding hydrogens is 258 g/mol. The van der Waals surface area contributed by atoms with Crippen LogP contribution >= 0.6 is 11.3 Å². The van der Waals surface area contributed by atoms with Gasteiger partial charge in [0.25, 0.3) is 0 Å². The second-order valence-electron chi connectivity index (χ2n) is 5.28. The molecule has 3 heterocycles. The summed E-state index contributed by atoms with van der Waals surface area (Å²) in [5, 5.41) is 5.58. The van der Waals surface area contributed by atoms with Gasteiger partial charge in [-0.15, -0.1) is 11.3 Å². The molecule has 2 unspecified atom stereocenters. The molecule has 1 saturated heterocycles. The first-order valence-corrected chi connectivity index (χ1v) is 7.55. The largest absolute Gasteiger partial charge is 0.444 e. The Labute approximate surface area is 117 Å². The molecule has 0 spiro atoms. The number of thiophene rings is 1. The van der Waals surface area contributed by atoms with Gasteiger partial charge < -0.3 is 9.73 Å². The van der Waals surface area contributed by atoms with E-state index < -0.39 is 0 Å². The summed E-state index contributed by atoms with van der Waals surface area (Å²) in [6.07, 6.45) is 1.78. The van der Waals surface area contributed by atoms with Crippen LogP contribution in [0.25, 0.3) is 10.8 Å². The van der Waals surface area contributed by atoms with E-state index in [2.05, 4.69) is 29.0 Å². The summed E-state index contributed by atoms with van der Waals surface area (Å²) < 4.78 is 5.56. The standard InChI is InChI=1S/C14H19N3OS/c1-10-6-17(7-11(2)15-10)8-12-9-18-14(16-12)13-4-3-5-19-13/h3-5,9-11,15H,6-8H2,1-2H3. The Kier molecular flexibility index (Phi) is 3.68. The number of aromatic nitrogens is 1. The average molecular weight is 277 g/mol. The SMILES string of the molecule is CC1CN(Cc2coc(-c3cccs3)n2)CC(C)N1. The van der Waals surface area contributed by atoms with Crippen LogP contribution in [0.1, 0.15) is 19.5 Å². The van der Waals surface area contributed by atoms with Crippen molar-refractivity contribution < 1.29 is 4.42 Å². The summed E-state index contributed by atoms with van der Waals surface area (Å²) in [5.74, 6) is 0.737. The number of piperazine rings is 1. The van der Waals surface area contributed by atoms with Crippen LogP contribution in [0.3, 0.4) is 0 Å². The maximum Gasteiger partial charge on any atom is 0.236 e. The molecule has 2 aromatic rings. The molecule has 0 aromatic carbocycles. The molecule has 0 amide bonds. The van der Waals surface area contributed by atoms with Gasteiger partial charge in [-0.25, -0.2) is 4.98 Å². The van der Waals surface area contributed by atoms with E-state index in [0.717, 1.165) is 36.1 Å². The Morgan fingerprint density at radius 3 is 2.89 bits per heavy atom. The Morgan fingerprint density at radius 2 is 2.21 bits per heavy atom.